The van der Waals surface area contributed by atoms with Gasteiger partial charge in [-0.15, -0.1) is 24.0 Å². The zero-order valence-corrected chi connectivity index (χ0v) is 17.0. The Balaban J connectivity index is 0.00000288. The van der Waals surface area contributed by atoms with E-state index in [1.165, 1.54) is 6.07 Å². The van der Waals surface area contributed by atoms with E-state index in [0.29, 0.717) is 5.92 Å². The molecule has 136 valence electrons. The number of halogens is 2. The molecule has 1 aliphatic carbocycles. The summed E-state index contributed by atoms with van der Waals surface area (Å²) >= 11 is 0. The lowest BCUT2D eigenvalue weighted by Crippen LogP contribution is -2.39. The van der Waals surface area contributed by atoms with Crippen LogP contribution in [0, 0.1) is 11.7 Å². The summed E-state index contributed by atoms with van der Waals surface area (Å²) in [4.78, 5) is 4.22. The van der Waals surface area contributed by atoms with Crippen LogP contribution in [0.2, 0.25) is 0 Å². The van der Waals surface area contributed by atoms with Crippen LogP contribution in [0.4, 0.5) is 4.39 Å². The lowest BCUT2D eigenvalue weighted by atomic mass is 10.1. The quantitative estimate of drug-likeness (QED) is 0.276. The number of nitrogens with one attached hydrogen (secondary N) is 2. The van der Waals surface area contributed by atoms with E-state index in [1.54, 1.807) is 13.1 Å². The van der Waals surface area contributed by atoms with Crippen molar-refractivity contribution >= 4 is 29.9 Å². The van der Waals surface area contributed by atoms with Gasteiger partial charge >= 0.3 is 0 Å². The van der Waals surface area contributed by atoms with E-state index in [-0.39, 0.29) is 41.8 Å². The van der Waals surface area contributed by atoms with Crippen molar-refractivity contribution < 1.29 is 9.13 Å². The van der Waals surface area contributed by atoms with Gasteiger partial charge in [-0.1, -0.05) is 32.0 Å². The van der Waals surface area contributed by atoms with E-state index in [1.807, 2.05) is 12.1 Å². The van der Waals surface area contributed by atoms with Crippen molar-refractivity contribution in [1.29, 1.82) is 0 Å². The molecule has 0 amide bonds. The Bertz CT molecular complexity index is 525. The minimum Gasteiger partial charge on any atom is -0.381 e. The Morgan fingerprint density at radius 3 is 2.79 bits per heavy atom. The molecule has 0 aromatic heterocycles. The SMILES string of the molecule is CN=C(NCCCOCC(C)C)NC1CC1c1ccccc1F.I. The van der Waals surface area contributed by atoms with Crippen LogP contribution >= 0.6 is 24.0 Å². The van der Waals surface area contributed by atoms with Crippen LogP contribution in [0.15, 0.2) is 29.3 Å². The summed E-state index contributed by atoms with van der Waals surface area (Å²) in [6.07, 6.45) is 1.88. The van der Waals surface area contributed by atoms with Crippen LogP contribution in [-0.2, 0) is 4.74 Å². The summed E-state index contributed by atoms with van der Waals surface area (Å²) in [5.41, 5.74) is 0.794. The monoisotopic (exact) mass is 449 g/mol. The van der Waals surface area contributed by atoms with E-state index in [9.17, 15) is 4.39 Å². The molecule has 1 aromatic rings. The predicted molar refractivity (Wildman–Crippen MR) is 108 cm³/mol. The Kier molecular flexibility index (Phi) is 9.58. The van der Waals surface area contributed by atoms with E-state index in [4.69, 9.17) is 4.74 Å². The average Bonchev–Trinajstić information content (AvgIpc) is 3.28. The first kappa shape index (κ1) is 21.2. The summed E-state index contributed by atoms with van der Waals surface area (Å²) in [7, 11) is 1.76. The van der Waals surface area contributed by atoms with Gasteiger partial charge in [0, 0.05) is 38.8 Å². The van der Waals surface area contributed by atoms with Gasteiger partial charge in [0.2, 0.25) is 0 Å². The Morgan fingerprint density at radius 1 is 1.38 bits per heavy atom. The fraction of sp³-hybridized carbons (Fsp3) is 0.611. The van der Waals surface area contributed by atoms with E-state index in [0.717, 1.165) is 44.1 Å². The van der Waals surface area contributed by atoms with Crippen molar-refractivity contribution in [2.45, 2.75) is 38.6 Å². The number of nitrogens with zero attached hydrogens (tertiary/aromatic N) is 1. The van der Waals surface area contributed by atoms with Crippen molar-refractivity contribution in [2.24, 2.45) is 10.9 Å². The predicted octanol–water partition coefficient (Wildman–Crippen LogP) is 3.53. The minimum absolute atomic E-state index is 0. The fourth-order valence-corrected chi connectivity index (χ4v) is 2.54. The lowest BCUT2D eigenvalue weighted by molar-refractivity contribution is 0.108. The van der Waals surface area contributed by atoms with Gasteiger partial charge in [-0.05, 0) is 30.4 Å². The summed E-state index contributed by atoms with van der Waals surface area (Å²) in [6.45, 7) is 6.66. The highest BCUT2D eigenvalue weighted by Crippen LogP contribution is 2.41. The Hall–Kier alpha value is -0.890. The maximum Gasteiger partial charge on any atom is 0.191 e. The van der Waals surface area contributed by atoms with E-state index < -0.39 is 0 Å². The van der Waals surface area contributed by atoms with Crippen LogP contribution in [0.3, 0.4) is 0 Å². The fourth-order valence-electron chi connectivity index (χ4n) is 2.54. The normalized spacial score (nSPS) is 19.8. The van der Waals surface area contributed by atoms with Gasteiger partial charge in [-0.25, -0.2) is 4.39 Å². The molecule has 0 radical (unpaired) electrons. The van der Waals surface area contributed by atoms with Gasteiger partial charge in [0.15, 0.2) is 5.96 Å². The molecule has 6 heteroatoms. The molecule has 2 atom stereocenters. The second-order valence-corrected chi connectivity index (χ2v) is 6.44. The zero-order chi connectivity index (χ0) is 16.7. The van der Waals surface area contributed by atoms with Gasteiger partial charge in [-0.3, -0.25) is 4.99 Å². The molecule has 2 unspecified atom stereocenters. The molecule has 2 N–H and O–H groups in total. The second-order valence-electron chi connectivity index (χ2n) is 6.44. The number of guanidine groups is 1. The molecule has 0 bridgehead atoms. The summed E-state index contributed by atoms with van der Waals surface area (Å²) in [5.74, 6) is 1.47. The molecular formula is C18H29FIN3O. The van der Waals surface area contributed by atoms with Crippen LogP contribution in [0.5, 0.6) is 0 Å². The minimum atomic E-state index is -0.118. The number of hydrogen-bond donors (Lipinski definition) is 2. The number of ether oxygens (including phenoxy) is 1. The zero-order valence-electron chi connectivity index (χ0n) is 14.7. The van der Waals surface area contributed by atoms with Crippen LogP contribution < -0.4 is 10.6 Å². The molecule has 0 aliphatic heterocycles. The molecule has 0 heterocycles. The second kappa shape index (κ2) is 10.9. The van der Waals surface area contributed by atoms with E-state index in [2.05, 4.69) is 29.5 Å². The largest absolute Gasteiger partial charge is 0.381 e. The molecule has 2 rings (SSSR count). The van der Waals surface area contributed by atoms with Crippen LogP contribution in [0.1, 0.15) is 38.2 Å². The van der Waals surface area contributed by atoms with Crippen molar-refractivity contribution in [2.75, 3.05) is 26.8 Å². The maximum absolute atomic E-state index is 13.8. The molecule has 24 heavy (non-hydrogen) atoms. The average molecular weight is 449 g/mol. The molecule has 1 aromatic carbocycles. The number of benzene rings is 1. The molecule has 1 fully saturated rings. The summed E-state index contributed by atoms with van der Waals surface area (Å²) in [5, 5.41) is 6.64. The molecule has 0 spiro atoms. The molecule has 0 saturated heterocycles. The molecular weight excluding hydrogens is 420 g/mol. The van der Waals surface area contributed by atoms with E-state index >= 15 is 0 Å². The first-order chi connectivity index (χ1) is 11.1. The molecule has 1 saturated carbocycles. The number of aliphatic imine (C=N–C) groups is 1. The number of hydrogen-bond acceptors (Lipinski definition) is 2. The third-order valence-electron chi connectivity index (χ3n) is 3.85. The van der Waals surface area contributed by atoms with Crippen LogP contribution in [-0.4, -0.2) is 38.8 Å². The standard InChI is InChI=1S/C18H28FN3O.HI/c1-13(2)12-23-10-6-9-21-18(20-3)22-17-11-15(17)14-7-4-5-8-16(14)19;/h4-5,7-8,13,15,17H,6,9-12H2,1-3H3,(H2,20,21,22);1H. The maximum atomic E-state index is 13.8. The topological polar surface area (TPSA) is 45.7 Å². The van der Waals surface area contributed by atoms with Gasteiger partial charge in [-0.2, -0.15) is 0 Å². The van der Waals surface area contributed by atoms with Gasteiger partial charge in [0.1, 0.15) is 5.82 Å². The molecule has 1 aliphatic rings. The first-order valence-corrected chi connectivity index (χ1v) is 8.41. The molecule has 4 nitrogen and oxygen atoms in total. The number of rotatable bonds is 8. The van der Waals surface area contributed by atoms with Gasteiger partial charge in [0.25, 0.3) is 0 Å². The van der Waals surface area contributed by atoms with Gasteiger partial charge < -0.3 is 15.4 Å². The van der Waals surface area contributed by atoms with Crippen molar-refractivity contribution in [1.82, 2.24) is 10.6 Å². The highest BCUT2D eigenvalue weighted by Gasteiger charge is 2.40. The van der Waals surface area contributed by atoms with Crippen molar-refractivity contribution in [3.8, 4) is 0 Å². The van der Waals surface area contributed by atoms with Crippen molar-refractivity contribution in [3.63, 3.8) is 0 Å². The Labute approximate surface area is 161 Å². The first-order valence-electron chi connectivity index (χ1n) is 8.41. The summed E-state index contributed by atoms with van der Waals surface area (Å²) in [6, 6.07) is 7.26. The van der Waals surface area contributed by atoms with Gasteiger partial charge in [0.05, 0.1) is 0 Å². The summed E-state index contributed by atoms with van der Waals surface area (Å²) < 4.78 is 19.3. The lowest BCUT2D eigenvalue weighted by Gasteiger charge is -2.12. The Morgan fingerprint density at radius 2 is 2.12 bits per heavy atom. The highest BCUT2D eigenvalue weighted by atomic mass is 127. The van der Waals surface area contributed by atoms with Crippen molar-refractivity contribution in [3.05, 3.63) is 35.6 Å². The smallest absolute Gasteiger partial charge is 0.191 e. The third-order valence-corrected chi connectivity index (χ3v) is 3.85. The highest BCUT2D eigenvalue weighted by molar-refractivity contribution is 14.0. The third kappa shape index (κ3) is 6.93. The van der Waals surface area contributed by atoms with Crippen LogP contribution in [0.25, 0.3) is 0 Å².